The average Bonchev–Trinajstić information content (AvgIpc) is 3.11. The van der Waals surface area contributed by atoms with Crippen LogP contribution in [0.2, 0.25) is 0 Å². The van der Waals surface area contributed by atoms with E-state index in [0.29, 0.717) is 19.1 Å². The monoisotopic (exact) mass is 458 g/mol. The van der Waals surface area contributed by atoms with Crippen LogP contribution in [-0.4, -0.2) is 73.5 Å². The van der Waals surface area contributed by atoms with Crippen LogP contribution >= 0.6 is 11.3 Å². The highest BCUT2D eigenvalue weighted by atomic mass is 32.2. The van der Waals surface area contributed by atoms with Gasteiger partial charge >= 0.3 is 12.1 Å². The fraction of sp³-hybridized carbons (Fsp3) is 0.800. The molecule has 1 aliphatic carbocycles. The number of hydrogen-bond donors (Lipinski definition) is 2. The Hall–Kier alpha value is -1.51. The number of halogens is 3. The lowest BCUT2D eigenvalue weighted by molar-refractivity contribution is -0.192. The van der Waals surface area contributed by atoms with Crippen LogP contribution in [0, 0.1) is 18.8 Å². The van der Waals surface area contributed by atoms with Crippen molar-refractivity contribution >= 4 is 32.5 Å². The molecule has 0 bridgehead atoms. The van der Waals surface area contributed by atoms with Gasteiger partial charge in [-0.15, -0.1) is 10.2 Å². The number of aliphatic carboxylic acids is 1. The predicted molar refractivity (Wildman–Crippen MR) is 97.2 cm³/mol. The van der Waals surface area contributed by atoms with Crippen molar-refractivity contribution in [3.05, 3.63) is 5.01 Å². The molecular weight excluding hydrogens is 437 g/mol. The number of carbonyl (C=O) groups is 1. The summed E-state index contributed by atoms with van der Waals surface area (Å²) in [7, 11) is -3.11. The number of fused-ring (bicyclic) bond motifs is 1. The number of nitrogens with one attached hydrogen (secondary N) is 1. The normalized spacial score (nSPS) is 26.8. The van der Waals surface area contributed by atoms with Crippen LogP contribution in [0.3, 0.4) is 0 Å². The molecule has 0 amide bonds. The Morgan fingerprint density at radius 1 is 1.34 bits per heavy atom. The minimum atomic E-state index is -5.08. The van der Waals surface area contributed by atoms with Gasteiger partial charge in [0.2, 0.25) is 15.2 Å². The quantitative estimate of drug-likeness (QED) is 0.671. The minimum Gasteiger partial charge on any atom is -0.475 e. The molecule has 164 valence electrons. The first-order valence-corrected chi connectivity index (χ1v) is 11.3. The van der Waals surface area contributed by atoms with Crippen molar-refractivity contribution in [2.45, 2.75) is 37.3 Å². The van der Waals surface area contributed by atoms with Crippen molar-refractivity contribution in [1.82, 2.24) is 14.9 Å². The molecule has 4 rings (SSSR count). The van der Waals surface area contributed by atoms with E-state index in [9.17, 15) is 21.6 Å². The molecule has 3 aliphatic rings. The lowest BCUT2D eigenvalue weighted by Gasteiger charge is -2.19. The average molecular weight is 458 g/mol. The van der Waals surface area contributed by atoms with Gasteiger partial charge in [-0.2, -0.15) is 13.2 Å². The summed E-state index contributed by atoms with van der Waals surface area (Å²) in [5, 5.41) is 17.1. The van der Waals surface area contributed by atoms with Gasteiger partial charge in [0.15, 0.2) is 0 Å². The number of alkyl halides is 3. The highest BCUT2D eigenvalue weighted by Gasteiger charge is 2.45. The lowest BCUT2D eigenvalue weighted by atomic mass is 9.93. The summed E-state index contributed by atoms with van der Waals surface area (Å²) in [5.74, 6) is -2.14. The van der Waals surface area contributed by atoms with E-state index in [4.69, 9.17) is 14.6 Å². The minimum absolute atomic E-state index is 0.157. The van der Waals surface area contributed by atoms with E-state index in [0.717, 1.165) is 36.1 Å². The molecular formula is C15H21F3N4O5S2. The Balaban J connectivity index is 0.000000298. The standard InChI is InChI=1S/C13H20N4O3S2.C2HF3O2/c1-8-15-16-13(21-8)17-5-11-9(7-20-12(11)6-17)4-14-22(18,19)10-2-3-10;3-2(4,5)1(6)7/h9-12,14H,2-7H2,1H3;(H,6,7)/t9-,11-,12-;/m1./s1. The van der Waals surface area contributed by atoms with Gasteiger partial charge in [-0.1, -0.05) is 11.3 Å². The van der Waals surface area contributed by atoms with Crippen LogP contribution in [-0.2, 0) is 19.6 Å². The zero-order valence-electron chi connectivity index (χ0n) is 15.4. The topological polar surface area (TPSA) is 122 Å². The van der Waals surface area contributed by atoms with Crippen molar-refractivity contribution in [1.29, 1.82) is 0 Å². The van der Waals surface area contributed by atoms with Crippen molar-refractivity contribution in [2.75, 3.05) is 31.1 Å². The Morgan fingerprint density at radius 3 is 2.52 bits per heavy atom. The Morgan fingerprint density at radius 2 is 2.00 bits per heavy atom. The zero-order valence-corrected chi connectivity index (χ0v) is 17.1. The van der Waals surface area contributed by atoms with Crippen molar-refractivity contribution in [2.24, 2.45) is 11.8 Å². The molecule has 3 fully saturated rings. The van der Waals surface area contributed by atoms with Crippen LogP contribution in [0.25, 0.3) is 0 Å². The second kappa shape index (κ2) is 8.32. The van der Waals surface area contributed by atoms with Crippen LogP contribution in [0.4, 0.5) is 18.3 Å². The number of sulfonamides is 1. The summed E-state index contributed by atoms with van der Waals surface area (Å²) < 4.78 is 64.3. The van der Waals surface area contributed by atoms with Gasteiger partial charge in [0.25, 0.3) is 0 Å². The number of aryl methyl sites for hydroxylation is 1. The van der Waals surface area contributed by atoms with Crippen LogP contribution in [0.1, 0.15) is 17.8 Å². The van der Waals surface area contributed by atoms with Gasteiger partial charge in [-0.25, -0.2) is 17.9 Å². The number of ether oxygens (including phenoxy) is 1. The molecule has 0 radical (unpaired) electrons. The molecule has 3 atom stereocenters. The third-order valence-electron chi connectivity index (χ3n) is 4.98. The Bertz CT molecular complexity index is 843. The van der Waals surface area contributed by atoms with Gasteiger partial charge in [-0.05, 0) is 19.8 Å². The van der Waals surface area contributed by atoms with Gasteiger partial charge in [0.1, 0.15) is 5.01 Å². The molecule has 0 aromatic carbocycles. The largest absolute Gasteiger partial charge is 0.490 e. The van der Waals surface area contributed by atoms with E-state index >= 15 is 0 Å². The second-order valence-corrected chi connectivity index (χ2v) is 10.4. The molecule has 2 aliphatic heterocycles. The SMILES string of the molecule is Cc1nnc(N2C[C@@H]3[C@H](CNS(=O)(=O)C4CC4)CO[C@@H]3C2)s1.O=C(O)C(F)(F)F. The lowest BCUT2D eigenvalue weighted by Crippen LogP contribution is -2.35. The summed E-state index contributed by atoms with van der Waals surface area (Å²) in [6, 6.07) is 0. The number of aromatic nitrogens is 2. The van der Waals surface area contributed by atoms with E-state index in [1.165, 1.54) is 0 Å². The molecule has 1 saturated carbocycles. The highest BCUT2D eigenvalue weighted by molar-refractivity contribution is 7.90. The van der Waals surface area contributed by atoms with Crippen molar-refractivity contribution in [3.8, 4) is 0 Å². The van der Waals surface area contributed by atoms with E-state index in [-0.39, 0.29) is 17.3 Å². The smallest absolute Gasteiger partial charge is 0.475 e. The van der Waals surface area contributed by atoms with Gasteiger partial charge in [-0.3, -0.25) is 0 Å². The van der Waals surface area contributed by atoms with Crippen LogP contribution < -0.4 is 9.62 Å². The van der Waals surface area contributed by atoms with E-state index in [2.05, 4.69) is 19.8 Å². The second-order valence-electron chi connectivity index (χ2n) is 7.20. The van der Waals surface area contributed by atoms with Crippen LogP contribution in [0.15, 0.2) is 0 Å². The number of carboxylic acids is 1. The fourth-order valence-corrected chi connectivity index (χ4v) is 5.44. The van der Waals surface area contributed by atoms with Gasteiger partial charge in [0, 0.05) is 31.5 Å². The summed E-state index contributed by atoms with van der Waals surface area (Å²) in [6.45, 7) is 4.78. The van der Waals surface area contributed by atoms with Gasteiger partial charge in [0.05, 0.1) is 18.0 Å². The Kier molecular flexibility index (Phi) is 6.36. The molecule has 9 nitrogen and oxygen atoms in total. The third-order valence-corrected chi connectivity index (χ3v) is 7.79. The maximum Gasteiger partial charge on any atom is 0.490 e. The van der Waals surface area contributed by atoms with E-state index in [1.807, 2.05) is 6.92 Å². The number of hydrogen-bond acceptors (Lipinski definition) is 8. The first-order valence-electron chi connectivity index (χ1n) is 8.92. The number of rotatable bonds is 5. The maximum absolute atomic E-state index is 12.0. The van der Waals surface area contributed by atoms with Crippen molar-refractivity contribution in [3.63, 3.8) is 0 Å². The van der Waals surface area contributed by atoms with Crippen LogP contribution in [0.5, 0.6) is 0 Å². The zero-order chi connectivity index (χ0) is 21.4. The first-order chi connectivity index (χ1) is 13.5. The Labute approximate surface area is 169 Å². The fourth-order valence-electron chi connectivity index (χ4n) is 3.30. The predicted octanol–water partition coefficient (Wildman–Crippen LogP) is 1.01. The molecule has 2 N–H and O–H groups in total. The third kappa shape index (κ3) is 5.55. The number of nitrogens with zero attached hydrogens (tertiary/aromatic N) is 3. The summed E-state index contributed by atoms with van der Waals surface area (Å²) >= 11 is 1.59. The first kappa shape index (κ1) is 22.2. The molecule has 29 heavy (non-hydrogen) atoms. The molecule has 0 unspecified atom stereocenters. The molecule has 3 heterocycles. The van der Waals surface area contributed by atoms with Crippen molar-refractivity contribution < 1.29 is 36.2 Å². The molecule has 0 spiro atoms. The molecule has 14 heteroatoms. The summed E-state index contributed by atoms with van der Waals surface area (Å²) in [6.07, 6.45) is -3.31. The number of anilines is 1. The summed E-state index contributed by atoms with van der Waals surface area (Å²) in [5.41, 5.74) is 0. The van der Waals surface area contributed by atoms with Gasteiger partial charge < -0.3 is 14.7 Å². The van der Waals surface area contributed by atoms with E-state index < -0.39 is 22.2 Å². The van der Waals surface area contributed by atoms with E-state index in [1.54, 1.807) is 11.3 Å². The summed E-state index contributed by atoms with van der Waals surface area (Å²) in [4.78, 5) is 11.1. The molecule has 1 aromatic rings. The maximum atomic E-state index is 12.0. The highest BCUT2D eigenvalue weighted by Crippen LogP contribution is 2.37. The number of carboxylic acid groups (broad SMARTS) is 1. The molecule has 2 saturated heterocycles. The molecule has 1 aromatic heterocycles.